The molecule has 1 unspecified atom stereocenters. The highest BCUT2D eigenvalue weighted by molar-refractivity contribution is 5.84. The minimum absolute atomic E-state index is 0.0231. The highest BCUT2D eigenvalue weighted by atomic mass is 19.4. The maximum Gasteiger partial charge on any atom is 0.419 e. The number of carbonyl (C=O) groups excluding carboxylic acids is 1. The summed E-state index contributed by atoms with van der Waals surface area (Å²) >= 11 is 0. The van der Waals surface area contributed by atoms with Gasteiger partial charge in [-0.2, -0.15) is 18.4 Å². The van der Waals surface area contributed by atoms with Crippen molar-refractivity contribution in [1.29, 1.82) is 5.26 Å². The van der Waals surface area contributed by atoms with Crippen LogP contribution in [0.5, 0.6) is 5.75 Å². The molecular weight excluding hydrogens is 449 g/mol. The number of nitrogens with zero attached hydrogens (tertiary/aromatic N) is 4. The van der Waals surface area contributed by atoms with E-state index in [1.165, 1.54) is 19.1 Å². The summed E-state index contributed by atoms with van der Waals surface area (Å²) in [5.41, 5.74) is 0.426. The number of nitrogens with one attached hydrogen (secondary N) is 2. The molecule has 1 atom stereocenters. The smallest absolute Gasteiger partial charge is 0.419 e. The predicted octanol–water partition coefficient (Wildman–Crippen LogP) is 3.62. The van der Waals surface area contributed by atoms with Crippen LogP contribution in [0.1, 0.15) is 37.4 Å². The number of halogens is 3. The molecule has 3 aromatic rings. The van der Waals surface area contributed by atoms with Gasteiger partial charge in [0, 0.05) is 31.6 Å². The van der Waals surface area contributed by atoms with E-state index in [4.69, 9.17) is 4.74 Å². The van der Waals surface area contributed by atoms with Crippen molar-refractivity contribution in [3.8, 4) is 23.1 Å². The van der Waals surface area contributed by atoms with Crippen molar-refractivity contribution in [2.24, 2.45) is 0 Å². The van der Waals surface area contributed by atoms with Gasteiger partial charge in [-0.1, -0.05) is 0 Å². The number of H-pyrrole nitrogens is 1. The summed E-state index contributed by atoms with van der Waals surface area (Å²) in [6, 6.07) is 7.38. The molecule has 1 amide bonds. The minimum atomic E-state index is -4.60. The van der Waals surface area contributed by atoms with Gasteiger partial charge < -0.3 is 15.0 Å². The molecule has 0 radical (unpaired) electrons. The molecule has 8 nitrogen and oxygen atoms in total. The van der Waals surface area contributed by atoms with Gasteiger partial charge in [-0.25, -0.2) is 9.97 Å². The van der Waals surface area contributed by atoms with Crippen LogP contribution in [0.4, 0.5) is 13.2 Å². The second kappa shape index (κ2) is 9.30. The van der Waals surface area contributed by atoms with Crippen molar-refractivity contribution in [3.63, 3.8) is 0 Å². The van der Waals surface area contributed by atoms with Gasteiger partial charge in [0.05, 0.1) is 29.9 Å². The molecule has 3 heterocycles. The Balaban J connectivity index is 1.65. The molecule has 4 rings (SSSR count). The van der Waals surface area contributed by atoms with Crippen LogP contribution in [0, 0.1) is 11.3 Å². The van der Waals surface area contributed by atoms with E-state index in [1.54, 1.807) is 13.0 Å². The molecule has 2 N–H and O–H groups in total. The normalized spacial score (nSPS) is 16.5. The van der Waals surface area contributed by atoms with Crippen molar-refractivity contribution < 1.29 is 22.7 Å². The quantitative estimate of drug-likeness (QED) is 0.568. The van der Waals surface area contributed by atoms with E-state index in [0.717, 1.165) is 19.0 Å². The summed E-state index contributed by atoms with van der Waals surface area (Å²) < 4.78 is 45.8. The molecule has 0 saturated carbocycles. The molecular formula is C23H23F3N6O2. The highest BCUT2D eigenvalue weighted by Gasteiger charge is 2.35. The molecule has 11 heteroatoms. The number of fused-ring (bicyclic) bond motifs is 1. The standard InChI is InChI=1S/C23H23F3N6O2/c1-3-34-20-5-4-14(8-16(20)23(24,25)26)17-9-18-22(19(10-27)29-17)31-21(30-18)12-32-7-6-15(11-32)28-13(2)33/h4-5,8-9,15H,3,6-7,11-12H2,1-2H3,(H,28,33)(H,30,31). The summed E-state index contributed by atoms with van der Waals surface area (Å²) in [6.07, 6.45) is -3.77. The number of carbonyl (C=O) groups is 1. The van der Waals surface area contributed by atoms with Crippen LogP contribution in [0.3, 0.4) is 0 Å². The number of nitriles is 1. The Morgan fingerprint density at radius 1 is 1.35 bits per heavy atom. The predicted molar refractivity (Wildman–Crippen MR) is 118 cm³/mol. The lowest BCUT2D eigenvalue weighted by Crippen LogP contribution is -2.35. The molecule has 0 aliphatic carbocycles. The average Bonchev–Trinajstić information content (AvgIpc) is 3.38. The highest BCUT2D eigenvalue weighted by Crippen LogP contribution is 2.39. The lowest BCUT2D eigenvalue weighted by Gasteiger charge is -2.14. The third kappa shape index (κ3) is 4.97. The molecule has 2 aromatic heterocycles. The summed E-state index contributed by atoms with van der Waals surface area (Å²) in [5, 5.41) is 12.5. The number of hydrogen-bond acceptors (Lipinski definition) is 6. The molecule has 1 aliphatic rings. The second-order valence-electron chi connectivity index (χ2n) is 8.11. The Morgan fingerprint density at radius 2 is 2.15 bits per heavy atom. The van der Waals surface area contributed by atoms with Gasteiger partial charge in [-0.15, -0.1) is 0 Å². The van der Waals surface area contributed by atoms with Crippen molar-refractivity contribution in [2.75, 3.05) is 19.7 Å². The number of likely N-dealkylation sites (tertiary alicyclic amines) is 1. The fourth-order valence-corrected chi connectivity index (χ4v) is 4.15. The number of pyridine rings is 1. The second-order valence-corrected chi connectivity index (χ2v) is 8.11. The van der Waals surface area contributed by atoms with E-state index in [-0.39, 0.29) is 41.3 Å². The van der Waals surface area contributed by atoms with E-state index in [1.807, 2.05) is 6.07 Å². The van der Waals surface area contributed by atoms with Crippen LogP contribution >= 0.6 is 0 Å². The number of alkyl halides is 3. The summed E-state index contributed by atoms with van der Waals surface area (Å²) in [6.45, 7) is 5.14. The first-order chi connectivity index (χ1) is 16.2. The van der Waals surface area contributed by atoms with Crippen LogP contribution in [0.25, 0.3) is 22.3 Å². The number of rotatable bonds is 6. The van der Waals surface area contributed by atoms with Crippen LogP contribution in [0.15, 0.2) is 24.3 Å². The van der Waals surface area contributed by atoms with Crippen molar-refractivity contribution >= 4 is 16.9 Å². The number of aromatic amines is 1. The summed E-state index contributed by atoms with van der Waals surface area (Å²) in [5.74, 6) is 0.278. The topological polar surface area (TPSA) is 107 Å². The first kappa shape index (κ1) is 23.5. The van der Waals surface area contributed by atoms with E-state index in [9.17, 15) is 23.2 Å². The molecule has 1 aromatic carbocycles. The van der Waals surface area contributed by atoms with Gasteiger partial charge in [-0.05, 0) is 37.6 Å². The van der Waals surface area contributed by atoms with Gasteiger partial charge in [0.1, 0.15) is 23.2 Å². The molecule has 34 heavy (non-hydrogen) atoms. The van der Waals surface area contributed by atoms with E-state index < -0.39 is 11.7 Å². The fourth-order valence-electron chi connectivity index (χ4n) is 4.15. The van der Waals surface area contributed by atoms with Crippen molar-refractivity contribution in [3.05, 3.63) is 41.3 Å². The third-order valence-corrected chi connectivity index (χ3v) is 5.56. The Bertz CT molecular complexity index is 1260. The number of amides is 1. The molecule has 1 fully saturated rings. The van der Waals surface area contributed by atoms with Gasteiger partial charge in [-0.3, -0.25) is 9.69 Å². The van der Waals surface area contributed by atoms with Crippen molar-refractivity contribution in [2.45, 2.75) is 39.0 Å². The lowest BCUT2D eigenvalue weighted by molar-refractivity contribution is -0.138. The van der Waals surface area contributed by atoms with Gasteiger partial charge >= 0.3 is 6.18 Å². The largest absolute Gasteiger partial charge is 0.493 e. The Morgan fingerprint density at radius 3 is 2.82 bits per heavy atom. The van der Waals surface area contributed by atoms with Gasteiger partial charge in [0.2, 0.25) is 5.91 Å². The Labute approximate surface area is 193 Å². The number of imidazole rings is 1. The average molecular weight is 472 g/mol. The van der Waals surface area contributed by atoms with E-state index in [0.29, 0.717) is 29.9 Å². The van der Waals surface area contributed by atoms with E-state index in [2.05, 4.69) is 25.2 Å². The summed E-state index contributed by atoms with van der Waals surface area (Å²) in [4.78, 5) is 25.3. The maximum absolute atomic E-state index is 13.6. The molecule has 178 valence electrons. The van der Waals surface area contributed by atoms with Crippen LogP contribution in [-0.4, -0.2) is 51.5 Å². The number of aromatic nitrogens is 3. The molecule has 1 aliphatic heterocycles. The fraction of sp³-hybridized carbons (Fsp3) is 0.391. The first-order valence-corrected chi connectivity index (χ1v) is 10.8. The Kier molecular flexibility index (Phi) is 6.43. The van der Waals surface area contributed by atoms with Crippen LogP contribution < -0.4 is 10.1 Å². The monoisotopic (exact) mass is 472 g/mol. The number of benzene rings is 1. The SMILES string of the molecule is CCOc1ccc(-c2cc3[nH]c(CN4CCC(NC(C)=O)C4)nc3c(C#N)n2)cc1C(F)(F)F. The summed E-state index contributed by atoms with van der Waals surface area (Å²) in [7, 11) is 0. The number of ether oxygens (including phenoxy) is 1. The van der Waals surface area contributed by atoms with Crippen molar-refractivity contribution in [1.82, 2.24) is 25.2 Å². The van der Waals surface area contributed by atoms with Gasteiger partial charge in [0.25, 0.3) is 0 Å². The van der Waals surface area contributed by atoms with E-state index >= 15 is 0 Å². The zero-order valence-electron chi connectivity index (χ0n) is 18.7. The minimum Gasteiger partial charge on any atom is -0.493 e. The zero-order chi connectivity index (χ0) is 24.5. The Hall–Kier alpha value is -3.65. The number of hydrogen-bond donors (Lipinski definition) is 2. The third-order valence-electron chi connectivity index (χ3n) is 5.56. The van der Waals surface area contributed by atoms with Gasteiger partial charge in [0.15, 0.2) is 5.69 Å². The van der Waals surface area contributed by atoms with Crippen LogP contribution in [0.2, 0.25) is 0 Å². The molecule has 0 bridgehead atoms. The first-order valence-electron chi connectivity index (χ1n) is 10.8. The molecule has 0 spiro atoms. The maximum atomic E-state index is 13.6. The zero-order valence-corrected chi connectivity index (χ0v) is 18.7. The van der Waals surface area contributed by atoms with Crippen LogP contribution in [-0.2, 0) is 17.5 Å². The lowest BCUT2D eigenvalue weighted by atomic mass is 10.1. The molecule has 1 saturated heterocycles.